The van der Waals surface area contributed by atoms with Gasteiger partial charge in [-0.15, -0.1) is 24.8 Å². The summed E-state index contributed by atoms with van der Waals surface area (Å²) in [5.41, 5.74) is 5.25. The summed E-state index contributed by atoms with van der Waals surface area (Å²) >= 11 is 1.61. The Labute approximate surface area is 108 Å². The Kier molecular flexibility index (Phi) is 19.8. The van der Waals surface area contributed by atoms with E-state index < -0.39 is 0 Å². The molecule has 0 fully saturated rings. The van der Waals surface area contributed by atoms with E-state index in [0.717, 1.165) is 12.2 Å². The van der Waals surface area contributed by atoms with Gasteiger partial charge >= 0.3 is 5.97 Å². The van der Waals surface area contributed by atoms with Crippen LogP contribution in [0.2, 0.25) is 0 Å². The van der Waals surface area contributed by atoms with Gasteiger partial charge in [-0.1, -0.05) is 11.9 Å². The summed E-state index contributed by atoms with van der Waals surface area (Å²) in [5, 5.41) is 0. The van der Waals surface area contributed by atoms with Crippen LogP contribution in [0, 0.1) is 0 Å². The summed E-state index contributed by atoms with van der Waals surface area (Å²) in [4.78, 5) is 11.0. The smallest absolute Gasteiger partial charge is 0.306 e. The molecule has 15 heavy (non-hydrogen) atoms. The van der Waals surface area contributed by atoms with Gasteiger partial charge in [0.1, 0.15) is 0 Å². The summed E-state index contributed by atoms with van der Waals surface area (Å²) in [7, 11) is 3.90. The van der Waals surface area contributed by atoms with Gasteiger partial charge in [-0.05, 0) is 27.1 Å². The van der Waals surface area contributed by atoms with Crippen LogP contribution in [0.1, 0.15) is 12.8 Å². The maximum atomic E-state index is 11.0. The Balaban J connectivity index is -0.000000720. The second kappa shape index (κ2) is 14.3. The van der Waals surface area contributed by atoms with Crippen molar-refractivity contribution in [1.82, 2.24) is 4.31 Å². The summed E-state index contributed by atoms with van der Waals surface area (Å²) in [5.74, 6) is 0.636. The van der Waals surface area contributed by atoms with Crippen molar-refractivity contribution in [3.05, 3.63) is 0 Å². The van der Waals surface area contributed by atoms with Crippen molar-refractivity contribution in [3.8, 4) is 0 Å². The number of nitrogens with two attached hydrogens (primary N) is 1. The normalized spacial score (nSPS) is 9.07. The monoisotopic (exact) mass is 278 g/mol. The minimum absolute atomic E-state index is 0. The van der Waals surface area contributed by atoms with E-state index >= 15 is 0 Å². The molecule has 0 rings (SSSR count). The van der Waals surface area contributed by atoms with Crippen molar-refractivity contribution < 1.29 is 9.53 Å². The Morgan fingerprint density at radius 3 is 2.47 bits per heavy atom. The zero-order valence-corrected chi connectivity index (χ0v) is 11.6. The highest BCUT2D eigenvalue weighted by molar-refractivity contribution is 7.96. The Bertz CT molecular complexity index is 151. The third-order valence-corrected chi connectivity index (χ3v) is 2.17. The van der Waals surface area contributed by atoms with Gasteiger partial charge in [0, 0.05) is 5.75 Å². The second-order valence-electron chi connectivity index (χ2n) is 2.76. The second-order valence-corrected chi connectivity index (χ2v) is 4.16. The van der Waals surface area contributed by atoms with E-state index in [1.165, 1.54) is 0 Å². The molecule has 0 unspecified atom stereocenters. The number of halogens is 2. The molecule has 0 spiro atoms. The molecule has 2 N–H and O–H groups in total. The van der Waals surface area contributed by atoms with Crippen LogP contribution >= 0.6 is 36.8 Å². The lowest BCUT2D eigenvalue weighted by Crippen LogP contribution is -2.11. The van der Waals surface area contributed by atoms with Crippen molar-refractivity contribution in [1.29, 1.82) is 0 Å². The Hall–Kier alpha value is 0.320. The van der Waals surface area contributed by atoms with Gasteiger partial charge in [-0.25, -0.2) is 0 Å². The third kappa shape index (κ3) is 17.0. The first-order valence-corrected chi connectivity index (χ1v) is 5.27. The predicted octanol–water partition coefficient (Wildman–Crippen LogP) is 1.32. The predicted molar refractivity (Wildman–Crippen MR) is 69.9 cm³/mol. The Morgan fingerprint density at radius 1 is 1.40 bits per heavy atom. The van der Waals surface area contributed by atoms with Crippen LogP contribution < -0.4 is 5.73 Å². The van der Waals surface area contributed by atoms with Gasteiger partial charge in [0.25, 0.3) is 0 Å². The van der Waals surface area contributed by atoms with Crippen LogP contribution in [0.25, 0.3) is 0 Å². The van der Waals surface area contributed by atoms with Gasteiger partial charge in [-0.2, -0.15) is 0 Å². The summed E-state index contributed by atoms with van der Waals surface area (Å²) in [6.07, 6.45) is 1.21. The van der Waals surface area contributed by atoms with Crippen LogP contribution in [0.5, 0.6) is 0 Å². The molecule has 0 aliphatic heterocycles. The molecule has 0 saturated heterocycles. The first-order chi connectivity index (χ1) is 6.16. The van der Waals surface area contributed by atoms with Gasteiger partial charge in [0.15, 0.2) is 0 Å². The van der Waals surface area contributed by atoms with Crippen molar-refractivity contribution in [2.75, 3.05) is 33.0 Å². The summed E-state index contributed by atoms with van der Waals surface area (Å²) in [6, 6.07) is 0. The third-order valence-electron chi connectivity index (χ3n) is 1.27. The topological polar surface area (TPSA) is 55.6 Å². The van der Waals surface area contributed by atoms with Crippen LogP contribution in [-0.2, 0) is 9.53 Å². The van der Waals surface area contributed by atoms with Crippen LogP contribution in [0.4, 0.5) is 0 Å². The highest BCUT2D eigenvalue weighted by atomic mass is 35.5. The lowest BCUT2D eigenvalue weighted by molar-refractivity contribution is -0.143. The average Bonchev–Trinajstić information content (AvgIpc) is 2.04. The number of nitrogens with zero attached hydrogens (tertiary/aromatic N) is 1. The van der Waals surface area contributed by atoms with Crippen molar-refractivity contribution >= 4 is 42.7 Å². The van der Waals surface area contributed by atoms with E-state index in [9.17, 15) is 4.79 Å². The van der Waals surface area contributed by atoms with Crippen LogP contribution in [-0.4, -0.2) is 43.3 Å². The van der Waals surface area contributed by atoms with E-state index in [4.69, 9.17) is 10.5 Å². The van der Waals surface area contributed by atoms with E-state index in [-0.39, 0.29) is 30.8 Å². The summed E-state index contributed by atoms with van der Waals surface area (Å²) in [6.45, 7) is 1.02. The maximum absolute atomic E-state index is 11.0. The fourth-order valence-electron chi connectivity index (χ4n) is 0.653. The van der Waals surface area contributed by atoms with Crippen LogP contribution in [0.15, 0.2) is 0 Å². The molecule has 0 aromatic carbocycles. The molecule has 0 saturated carbocycles. The maximum Gasteiger partial charge on any atom is 0.306 e. The minimum atomic E-state index is -0.136. The van der Waals surface area contributed by atoms with E-state index in [1.807, 2.05) is 18.4 Å². The van der Waals surface area contributed by atoms with Crippen LogP contribution in [0.3, 0.4) is 0 Å². The molecule has 7 heteroatoms. The molecule has 4 nitrogen and oxygen atoms in total. The average molecular weight is 279 g/mol. The number of rotatable bonds is 7. The van der Waals surface area contributed by atoms with Crippen molar-refractivity contribution in [2.24, 2.45) is 5.73 Å². The SMILES string of the molecule is CN(C)SCCC(=O)OCCCN.Cl.Cl. The van der Waals surface area contributed by atoms with E-state index in [1.54, 1.807) is 11.9 Å². The highest BCUT2D eigenvalue weighted by Gasteiger charge is 2.02. The molecule has 0 aromatic rings. The molecule has 0 aliphatic carbocycles. The van der Waals surface area contributed by atoms with Gasteiger partial charge < -0.3 is 10.5 Å². The molecule has 0 bridgehead atoms. The zero-order chi connectivity index (χ0) is 10.1. The molecule has 0 aliphatic rings. The molecular formula is C8H20Cl2N2O2S. The molecule has 0 amide bonds. The van der Waals surface area contributed by atoms with E-state index in [2.05, 4.69) is 0 Å². The number of hydrogen-bond donors (Lipinski definition) is 1. The number of hydrogen-bond acceptors (Lipinski definition) is 5. The first-order valence-electron chi connectivity index (χ1n) is 4.32. The van der Waals surface area contributed by atoms with Gasteiger partial charge in [0.05, 0.1) is 13.0 Å². The fraction of sp³-hybridized carbons (Fsp3) is 0.875. The molecule has 0 radical (unpaired) electrons. The highest BCUT2D eigenvalue weighted by Crippen LogP contribution is 2.05. The fourth-order valence-corrected chi connectivity index (χ4v) is 1.28. The van der Waals surface area contributed by atoms with Gasteiger partial charge in [-0.3, -0.25) is 9.10 Å². The molecule has 94 valence electrons. The standard InChI is InChI=1S/C8H18N2O2S.2ClH/c1-10(2)13-7-4-8(11)12-6-3-5-9;;/h3-7,9H2,1-2H3;2*1H. The van der Waals surface area contributed by atoms with Gasteiger partial charge in [0.2, 0.25) is 0 Å². The zero-order valence-electron chi connectivity index (χ0n) is 9.10. The Morgan fingerprint density at radius 2 is 2.00 bits per heavy atom. The molecule has 0 heterocycles. The number of carbonyl (C=O) groups is 1. The van der Waals surface area contributed by atoms with Crippen molar-refractivity contribution in [3.63, 3.8) is 0 Å². The van der Waals surface area contributed by atoms with Crippen molar-refractivity contribution in [2.45, 2.75) is 12.8 Å². The van der Waals surface area contributed by atoms with E-state index in [0.29, 0.717) is 19.6 Å². The molecular weight excluding hydrogens is 259 g/mol. The lowest BCUT2D eigenvalue weighted by Gasteiger charge is -2.07. The summed E-state index contributed by atoms with van der Waals surface area (Å²) < 4.78 is 6.88. The molecule has 0 atom stereocenters. The number of ether oxygens (including phenoxy) is 1. The lowest BCUT2D eigenvalue weighted by atomic mass is 10.4. The molecule has 0 aromatic heterocycles. The number of esters is 1. The first kappa shape index (κ1) is 20.7. The number of carbonyl (C=O) groups excluding carboxylic acids is 1. The minimum Gasteiger partial charge on any atom is -0.466 e. The quantitative estimate of drug-likeness (QED) is 0.433. The largest absolute Gasteiger partial charge is 0.466 e.